The summed E-state index contributed by atoms with van der Waals surface area (Å²) in [6.07, 6.45) is 2.46. The van der Waals surface area contributed by atoms with Gasteiger partial charge in [-0.05, 0) is 12.8 Å². The minimum Gasteiger partial charge on any atom is -0.300 e. The second-order valence-electron chi connectivity index (χ2n) is 3.30. The first-order chi connectivity index (χ1) is 5.27. The molecule has 1 aliphatic carbocycles. The van der Waals surface area contributed by atoms with Gasteiger partial charge in [-0.2, -0.15) is 0 Å². The van der Waals surface area contributed by atoms with E-state index in [-0.39, 0.29) is 12.4 Å². The molecule has 0 radical (unpaired) electrons. The van der Waals surface area contributed by atoms with E-state index in [0.29, 0.717) is 21.7 Å². The molecule has 2 aliphatic rings. The molecule has 0 bridgehead atoms. The van der Waals surface area contributed by atoms with Gasteiger partial charge in [-0.1, -0.05) is 31.9 Å². The van der Waals surface area contributed by atoms with Crippen molar-refractivity contribution in [1.82, 2.24) is 10.6 Å². The van der Waals surface area contributed by atoms with Crippen LogP contribution in [0.15, 0.2) is 0 Å². The monoisotopic (exact) mass is 318 g/mol. The molecule has 12 heavy (non-hydrogen) atoms. The highest BCUT2D eigenvalue weighted by atomic mass is 79.9. The highest BCUT2D eigenvalue weighted by molar-refractivity contribution is 9.12. The van der Waals surface area contributed by atoms with Gasteiger partial charge in [-0.3, -0.25) is 0 Å². The summed E-state index contributed by atoms with van der Waals surface area (Å²) < 4.78 is 0. The molecule has 0 amide bonds. The lowest BCUT2D eigenvalue weighted by molar-refractivity contribution is 0.395. The van der Waals surface area contributed by atoms with Crippen LogP contribution in [0.2, 0.25) is 0 Å². The minimum absolute atomic E-state index is 0. The number of rotatable bonds is 0. The number of fused-ring (bicyclic) bond motifs is 1. The molecule has 1 heterocycles. The van der Waals surface area contributed by atoms with Crippen LogP contribution >= 0.6 is 44.3 Å². The SMILES string of the molecule is BrC1CC2NCNC2CC1Br.Cl. The normalized spacial score (nSPS) is 46.5. The Kier molecular flexibility index (Phi) is 4.31. The molecular formula is C7H13Br2ClN2. The fourth-order valence-electron chi connectivity index (χ4n) is 1.88. The van der Waals surface area contributed by atoms with Gasteiger partial charge in [-0.15, -0.1) is 12.4 Å². The molecule has 1 saturated carbocycles. The highest BCUT2D eigenvalue weighted by Gasteiger charge is 2.36. The van der Waals surface area contributed by atoms with Crippen LogP contribution in [-0.4, -0.2) is 28.4 Å². The van der Waals surface area contributed by atoms with E-state index in [1.807, 2.05) is 0 Å². The number of hydrogen-bond acceptors (Lipinski definition) is 2. The van der Waals surface area contributed by atoms with Crippen LogP contribution in [0.3, 0.4) is 0 Å². The van der Waals surface area contributed by atoms with Crippen LogP contribution in [0.4, 0.5) is 0 Å². The van der Waals surface area contributed by atoms with Crippen molar-refractivity contribution in [3.63, 3.8) is 0 Å². The lowest BCUT2D eigenvalue weighted by Crippen LogP contribution is -2.44. The summed E-state index contributed by atoms with van der Waals surface area (Å²) in [5.41, 5.74) is 0. The van der Waals surface area contributed by atoms with Crippen molar-refractivity contribution in [2.75, 3.05) is 6.67 Å². The molecule has 4 unspecified atom stereocenters. The molecule has 0 aromatic heterocycles. The average molecular weight is 320 g/mol. The van der Waals surface area contributed by atoms with E-state index in [1.54, 1.807) is 0 Å². The van der Waals surface area contributed by atoms with Crippen LogP contribution in [0.5, 0.6) is 0 Å². The zero-order valence-electron chi connectivity index (χ0n) is 6.59. The predicted molar refractivity (Wildman–Crippen MR) is 60.6 cm³/mol. The van der Waals surface area contributed by atoms with Gasteiger partial charge in [0.15, 0.2) is 0 Å². The Morgan fingerprint density at radius 1 is 0.917 bits per heavy atom. The van der Waals surface area contributed by atoms with Crippen LogP contribution in [-0.2, 0) is 0 Å². The van der Waals surface area contributed by atoms with Crippen molar-refractivity contribution >= 4 is 44.3 Å². The summed E-state index contributed by atoms with van der Waals surface area (Å²) in [6.45, 7) is 0.981. The molecule has 1 aliphatic heterocycles. The number of nitrogens with one attached hydrogen (secondary N) is 2. The van der Waals surface area contributed by atoms with Crippen LogP contribution in [0.1, 0.15) is 12.8 Å². The fourth-order valence-corrected chi connectivity index (χ4v) is 3.12. The summed E-state index contributed by atoms with van der Waals surface area (Å²) in [5, 5.41) is 6.90. The van der Waals surface area contributed by atoms with Crippen molar-refractivity contribution in [2.45, 2.75) is 34.6 Å². The molecule has 0 spiro atoms. The molecule has 0 aromatic carbocycles. The third-order valence-corrected chi connectivity index (χ3v) is 5.30. The van der Waals surface area contributed by atoms with Crippen molar-refractivity contribution in [2.24, 2.45) is 0 Å². The molecule has 72 valence electrons. The van der Waals surface area contributed by atoms with Gasteiger partial charge in [0.25, 0.3) is 0 Å². The zero-order chi connectivity index (χ0) is 7.84. The van der Waals surface area contributed by atoms with Crippen molar-refractivity contribution in [3.05, 3.63) is 0 Å². The maximum Gasteiger partial charge on any atom is 0.0459 e. The molecule has 1 saturated heterocycles. The summed E-state index contributed by atoms with van der Waals surface area (Å²) in [6, 6.07) is 1.38. The predicted octanol–water partition coefficient (Wildman–Crippen LogP) is 1.62. The quantitative estimate of drug-likeness (QED) is 0.663. The molecule has 4 atom stereocenters. The van der Waals surface area contributed by atoms with Crippen LogP contribution in [0, 0.1) is 0 Å². The Balaban J connectivity index is 0.000000720. The van der Waals surface area contributed by atoms with Crippen molar-refractivity contribution in [1.29, 1.82) is 0 Å². The summed E-state index contributed by atoms with van der Waals surface area (Å²) >= 11 is 7.35. The minimum atomic E-state index is 0. The van der Waals surface area contributed by atoms with Gasteiger partial charge in [0.2, 0.25) is 0 Å². The highest BCUT2D eigenvalue weighted by Crippen LogP contribution is 2.31. The smallest absolute Gasteiger partial charge is 0.0459 e. The fraction of sp³-hybridized carbons (Fsp3) is 1.00. The Hall–Kier alpha value is 1.17. The second kappa shape index (κ2) is 4.60. The van der Waals surface area contributed by atoms with Gasteiger partial charge < -0.3 is 10.6 Å². The van der Waals surface area contributed by atoms with E-state index in [2.05, 4.69) is 42.5 Å². The van der Waals surface area contributed by atoms with Crippen LogP contribution in [0.25, 0.3) is 0 Å². The van der Waals surface area contributed by atoms with Crippen molar-refractivity contribution < 1.29 is 0 Å². The van der Waals surface area contributed by atoms with Crippen molar-refractivity contribution in [3.8, 4) is 0 Å². The zero-order valence-corrected chi connectivity index (χ0v) is 10.6. The van der Waals surface area contributed by atoms with Gasteiger partial charge in [0.05, 0.1) is 0 Å². The summed E-state index contributed by atoms with van der Waals surface area (Å²) in [5.74, 6) is 0. The molecule has 5 heteroatoms. The van der Waals surface area contributed by atoms with E-state index in [4.69, 9.17) is 0 Å². The maximum atomic E-state index is 3.68. The molecule has 0 aromatic rings. The van der Waals surface area contributed by atoms with E-state index in [0.717, 1.165) is 6.67 Å². The van der Waals surface area contributed by atoms with Gasteiger partial charge in [0, 0.05) is 28.4 Å². The largest absolute Gasteiger partial charge is 0.300 e. The Labute approximate surface area is 95.9 Å². The van der Waals surface area contributed by atoms with Gasteiger partial charge >= 0.3 is 0 Å². The number of hydrogen-bond donors (Lipinski definition) is 2. The lowest BCUT2D eigenvalue weighted by Gasteiger charge is -2.32. The Morgan fingerprint density at radius 2 is 1.33 bits per heavy atom. The standard InChI is InChI=1S/C7H12Br2N2.ClH/c8-4-1-6-7(2-5(4)9)11-3-10-6;/h4-7,10-11H,1-3H2;1H. The van der Waals surface area contributed by atoms with Gasteiger partial charge in [0.1, 0.15) is 0 Å². The maximum absolute atomic E-state index is 3.68. The lowest BCUT2D eigenvalue weighted by atomic mass is 9.92. The molecular weight excluding hydrogens is 307 g/mol. The van der Waals surface area contributed by atoms with Gasteiger partial charge in [-0.25, -0.2) is 0 Å². The summed E-state index contributed by atoms with van der Waals surface area (Å²) in [4.78, 5) is 1.27. The molecule has 2 rings (SSSR count). The van der Waals surface area contributed by atoms with E-state index >= 15 is 0 Å². The summed E-state index contributed by atoms with van der Waals surface area (Å²) in [7, 11) is 0. The molecule has 2 N–H and O–H groups in total. The topological polar surface area (TPSA) is 24.1 Å². The molecule has 2 fully saturated rings. The second-order valence-corrected chi connectivity index (χ2v) is 5.65. The van der Waals surface area contributed by atoms with E-state index in [9.17, 15) is 0 Å². The number of alkyl halides is 2. The first-order valence-corrected chi connectivity index (χ1v) is 5.85. The third-order valence-electron chi connectivity index (χ3n) is 2.56. The van der Waals surface area contributed by atoms with E-state index in [1.165, 1.54) is 12.8 Å². The molecule has 2 nitrogen and oxygen atoms in total. The third kappa shape index (κ3) is 2.15. The Bertz CT molecular complexity index is 142. The number of halogens is 3. The Morgan fingerprint density at radius 3 is 1.75 bits per heavy atom. The van der Waals surface area contributed by atoms with Crippen LogP contribution < -0.4 is 10.6 Å². The first kappa shape index (κ1) is 11.2. The van der Waals surface area contributed by atoms with E-state index < -0.39 is 0 Å². The average Bonchev–Trinajstić information content (AvgIpc) is 2.36. The first-order valence-electron chi connectivity index (χ1n) is 4.02.